The van der Waals surface area contributed by atoms with Crippen molar-refractivity contribution < 1.29 is 33.2 Å². The Balaban J connectivity index is 1.64. The van der Waals surface area contributed by atoms with Crippen LogP contribution in [0.3, 0.4) is 0 Å². The zero-order chi connectivity index (χ0) is 22.3. The van der Waals surface area contributed by atoms with E-state index < -0.39 is 5.63 Å². The van der Waals surface area contributed by atoms with E-state index in [-0.39, 0.29) is 5.75 Å². The Hall–Kier alpha value is -3.07. The number of fused-ring (bicyclic) bond motifs is 2. The fourth-order valence-corrected chi connectivity index (χ4v) is 3.46. The van der Waals surface area contributed by atoms with E-state index in [9.17, 15) is 9.90 Å². The number of hydrogen-bond acceptors (Lipinski definition) is 8. The molecule has 0 radical (unpaired) electrons. The van der Waals surface area contributed by atoms with Crippen molar-refractivity contribution in [1.29, 1.82) is 0 Å². The first kappa shape index (κ1) is 22.1. The first-order chi connectivity index (χ1) is 15.6. The number of ether oxygens (including phenoxy) is 5. The van der Waals surface area contributed by atoms with Crippen LogP contribution in [-0.2, 0) is 14.2 Å². The van der Waals surface area contributed by atoms with E-state index in [1.165, 1.54) is 12.1 Å². The van der Waals surface area contributed by atoms with E-state index in [1.54, 1.807) is 12.1 Å². The molecular formula is C24H26O8. The molecule has 2 aromatic carbocycles. The molecule has 2 heterocycles. The zero-order valence-electron chi connectivity index (χ0n) is 17.9. The third-order valence-electron chi connectivity index (χ3n) is 5.04. The van der Waals surface area contributed by atoms with E-state index in [0.29, 0.717) is 75.5 Å². The highest BCUT2D eigenvalue weighted by atomic mass is 16.6. The van der Waals surface area contributed by atoms with Crippen LogP contribution < -0.4 is 15.1 Å². The normalized spacial score (nSPS) is 16.3. The summed E-state index contributed by atoms with van der Waals surface area (Å²) in [4.78, 5) is 11.6. The molecule has 1 N–H and O–H groups in total. The molecule has 1 aliphatic rings. The molecule has 0 unspecified atom stereocenters. The van der Waals surface area contributed by atoms with Crippen molar-refractivity contribution in [2.45, 2.75) is 6.92 Å². The molecule has 0 bridgehead atoms. The van der Waals surface area contributed by atoms with Crippen molar-refractivity contribution >= 4 is 11.0 Å². The van der Waals surface area contributed by atoms with Crippen LogP contribution >= 0.6 is 0 Å². The fraction of sp³-hybridized carbons (Fsp3) is 0.375. The Kier molecular flexibility index (Phi) is 7.26. The second-order valence-corrected chi connectivity index (χ2v) is 7.31. The average molecular weight is 442 g/mol. The molecule has 0 saturated heterocycles. The van der Waals surface area contributed by atoms with Crippen LogP contribution in [0.5, 0.6) is 17.2 Å². The lowest BCUT2D eigenvalue weighted by atomic mass is 10.00. The molecular weight excluding hydrogens is 416 g/mol. The summed E-state index contributed by atoms with van der Waals surface area (Å²) in [7, 11) is 0. The summed E-state index contributed by atoms with van der Waals surface area (Å²) in [6, 6.07) is 10.1. The largest absolute Gasteiger partial charge is 0.507 e. The molecule has 0 spiro atoms. The van der Waals surface area contributed by atoms with Crippen LogP contribution in [0.2, 0.25) is 0 Å². The van der Waals surface area contributed by atoms with Gasteiger partial charge in [-0.05, 0) is 36.2 Å². The van der Waals surface area contributed by atoms with E-state index in [2.05, 4.69) is 0 Å². The van der Waals surface area contributed by atoms with Gasteiger partial charge in [-0.2, -0.15) is 0 Å². The van der Waals surface area contributed by atoms with Gasteiger partial charge >= 0.3 is 5.63 Å². The monoisotopic (exact) mass is 442 g/mol. The van der Waals surface area contributed by atoms with E-state index in [0.717, 1.165) is 16.5 Å². The highest BCUT2D eigenvalue weighted by molar-refractivity contribution is 5.89. The molecule has 0 atom stereocenters. The lowest BCUT2D eigenvalue weighted by molar-refractivity contribution is 0.00708. The van der Waals surface area contributed by atoms with Crippen molar-refractivity contribution in [3.05, 3.63) is 52.4 Å². The lowest BCUT2D eigenvalue weighted by Crippen LogP contribution is -2.13. The molecule has 8 nitrogen and oxygen atoms in total. The predicted molar refractivity (Wildman–Crippen MR) is 118 cm³/mol. The number of aryl methyl sites for hydroxylation is 1. The number of rotatable bonds is 1. The average Bonchev–Trinajstić information content (AvgIpc) is 2.77. The standard InChI is InChI=1S/C24H26O8/c1-16-12-24(26)32-22-15-20(25)19(14-18(16)22)17-2-3-21-23(13-17)31-11-9-29-7-5-27-4-6-28-8-10-30-21/h2-3,12-15,25H,4-11H2,1H3. The van der Waals surface area contributed by atoms with E-state index >= 15 is 0 Å². The van der Waals surface area contributed by atoms with Gasteiger partial charge in [0.15, 0.2) is 11.5 Å². The summed E-state index contributed by atoms with van der Waals surface area (Å²) >= 11 is 0. The molecule has 0 saturated carbocycles. The summed E-state index contributed by atoms with van der Waals surface area (Å²) in [6.07, 6.45) is 0. The van der Waals surface area contributed by atoms with Crippen molar-refractivity contribution in [2.24, 2.45) is 0 Å². The Labute approximate surface area is 185 Å². The molecule has 0 fully saturated rings. The van der Waals surface area contributed by atoms with Gasteiger partial charge in [0.1, 0.15) is 24.5 Å². The van der Waals surface area contributed by atoms with Crippen LogP contribution in [0.25, 0.3) is 22.1 Å². The van der Waals surface area contributed by atoms with Crippen molar-refractivity contribution in [3.63, 3.8) is 0 Å². The van der Waals surface area contributed by atoms with Gasteiger partial charge < -0.3 is 33.2 Å². The minimum Gasteiger partial charge on any atom is -0.507 e. The minimum atomic E-state index is -0.451. The maximum Gasteiger partial charge on any atom is 0.336 e. The quantitative estimate of drug-likeness (QED) is 0.574. The second kappa shape index (κ2) is 10.5. The fourth-order valence-electron chi connectivity index (χ4n) is 3.46. The predicted octanol–water partition coefficient (Wildman–Crippen LogP) is 3.30. The van der Waals surface area contributed by atoms with Crippen LogP contribution in [-0.4, -0.2) is 58.0 Å². The van der Waals surface area contributed by atoms with Crippen molar-refractivity contribution in [2.75, 3.05) is 52.9 Å². The third-order valence-corrected chi connectivity index (χ3v) is 5.04. The number of hydrogen-bond donors (Lipinski definition) is 1. The molecule has 0 amide bonds. The Morgan fingerprint density at radius 2 is 1.38 bits per heavy atom. The Morgan fingerprint density at radius 3 is 2.06 bits per heavy atom. The molecule has 32 heavy (non-hydrogen) atoms. The van der Waals surface area contributed by atoms with Crippen molar-refractivity contribution in [3.8, 4) is 28.4 Å². The van der Waals surface area contributed by atoms with Gasteiger partial charge in [-0.25, -0.2) is 4.79 Å². The molecule has 0 aliphatic carbocycles. The van der Waals surface area contributed by atoms with Gasteiger partial charge in [-0.3, -0.25) is 0 Å². The molecule has 4 rings (SSSR count). The van der Waals surface area contributed by atoms with Gasteiger partial charge in [0.2, 0.25) is 0 Å². The summed E-state index contributed by atoms with van der Waals surface area (Å²) in [6.45, 7) is 5.35. The number of phenols is 1. The second-order valence-electron chi connectivity index (χ2n) is 7.31. The van der Waals surface area contributed by atoms with Crippen LogP contribution in [0.15, 0.2) is 45.6 Å². The maximum atomic E-state index is 11.6. The van der Waals surface area contributed by atoms with E-state index in [4.69, 9.17) is 28.1 Å². The third kappa shape index (κ3) is 5.40. The first-order valence-electron chi connectivity index (χ1n) is 10.5. The van der Waals surface area contributed by atoms with Gasteiger partial charge in [0.25, 0.3) is 0 Å². The summed E-state index contributed by atoms with van der Waals surface area (Å²) in [5.41, 5.74) is 1.99. The molecule has 3 aromatic rings. The van der Waals surface area contributed by atoms with Crippen molar-refractivity contribution in [1.82, 2.24) is 0 Å². The first-order valence-corrected chi connectivity index (χ1v) is 10.5. The number of benzene rings is 2. The molecule has 8 heteroatoms. The Morgan fingerprint density at radius 1 is 0.750 bits per heavy atom. The van der Waals surface area contributed by atoms with Gasteiger partial charge in [0, 0.05) is 23.1 Å². The van der Waals surface area contributed by atoms with Crippen LogP contribution in [0, 0.1) is 6.92 Å². The molecule has 170 valence electrons. The summed E-state index contributed by atoms with van der Waals surface area (Å²) in [5, 5.41) is 11.3. The molecule has 1 aromatic heterocycles. The highest BCUT2D eigenvalue weighted by Gasteiger charge is 2.14. The van der Waals surface area contributed by atoms with Crippen LogP contribution in [0.1, 0.15) is 5.56 Å². The summed E-state index contributed by atoms with van der Waals surface area (Å²) < 4.78 is 33.4. The van der Waals surface area contributed by atoms with Gasteiger partial charge in [0.05, 0.1) is 39.6 Å². The number of aromatic hydroxyl groups is 1. The zero-order valence-corrected chi connectivity index (χ0v) is 17.9. The van der Waals surface area contributed by atoms with Crippen LogP contribution in [0.4, 0.5) is 0 Å². The minimum absolute atomic E-state index is 0.000920. The maximum absolute atomic E-state index is 11.6. The van der Waals surface area contributed by atoms with E-state index in [1.807, 2.05) is 19.1 Å². The summed E-state index contributed by atoms with van der Waals surface area (Å²) in [5.74, 6) is 1.11. The molecule has 1 aliphatic heterocycles. The smallest absolute Gasteiger partial charge is 0.336 e. The van der Waals surface area contributed by atoms with Gasteiger partial charge in [-0.1, -0.05) is 6.07 Å². The highest BCUT2D eigenvalue weighted by Crippen LogP contribution is 2.38. The lowest BCUT2D eigenvalue weighted by Gasteiger charge is -2.15. The Bertz CT molecular complexity index is 1120. The SMILES string of the molecule is Cc1cc(=O)oc2cc(O)c(-c3ccc4c(c3)OCCOCCOCCOCCO4)cc12. The number of phenolic OH excluding ortho intramolecular Hbond substituents is 1. The van der Waals surface area contributed by atoms with Gasteiger partial charge in [-0.15, -0.1) is 0 Å². The topological polar surface area (TPSA) is 96.6 Å².